The summed E-state index contributed by atoms with van der Waals surface area (Å²) in [6.07, 6.45) is 1.98. The lowest BCUT2D eigenvalue weighted by atomic mass is 9.93. The van der Waals surface area contributed by atoms with E-state index < -0.39 is 5.54 Å². The lowest BCUT2D eigenvalue weighted by Gasteiger charge is -2.20. The standard InChI is InChI=1S/C14H18FN3O/c1-3-6-12-17-13(18-19-12)14(2,16)9-10-7-4-5-8-11(10)15/h4-5,7-8H,3,6,9,16H2,1-2H3. The predicted octanol–water partition coefficient (Wildman–Crippen LogP) is 2.58. The van der Waals surface area contributed by atoms with E-state index in [1.54, 1.807) is 25.1 Å². The van der Waals surface area contributed by atoms with Crippen molar-refractivity contribution in [2.24, 2.45) is 5.73 Å². The van der Waals surface area contributed by atoms with Gasteiger partial charge >= 0.3 is 0 Å². The van der Waals surface area contributed by atoms with E-state index in [2.05, 4.69) is 10.1 Å². The molecule has 0 bridgehead atoms. The highest BCUT2D eigenvalue weighted by Crippen LogP contribution is 2.22. The molecule has 5 heteroatoms. The van der Waals surface area contributed by atoms with E-state index in [9.17, 15) is 4.39 Å². The average molecular weight is 263 g/mol. The Bertz CT molecular complexity index is 551. The number of hydrogen-bond acceptors (Lipinski definition) is 4. The van der Waals surface area contributed by atoms with E-state index in [4.69, 9.17) is 10.3 Å². The van der Waals surface area contributed by atoms with Crippen LogP contribution < -0.4 is 5.73 Å². The molecule has 0 spiro atoms. The first kappa shape index (κ1) is 13.7. The van der Waals surface area contributed by atoms with Gasteiger partial charge in [0.1, 0.15) is 5.82 Å². The molecule has 0 amide bonds. The summed E-state index contributed by atoms with van der Waals surface area (Å²) in [5.41, 5.74) is 5.90. The van der Waals surface area contributed by atoms with Gasteiger partial charge in [0.05, 0.1) is 5.54 Å². The quantitative estimate of drug-likeness (QED) is 0.900. The fourth-order valence-corrected chi connectivity index (χ4v) is 1.92. The van der Waals surface area contributed by atoms with Crippen LogP contribution in [0, 0.1) is 5.82 Å². The van der Waals surface area contributed by atoms with Crippen LogP contribution in [-0.4, -0.2) is 10.1 Å². The smallest absolute Gasteiger partial charge is 0.226 e. The number of aromatic nitrogens is 2. The second kappa shape index (κ2) is 5.48. The molecule has 0 aliphatic rings. The van der Waals surface area contributed by atoms with Crippen LogP contribution in [-0.2, 0) is 18.4 Å². The molecule has 1 aromatic heterocycles. The van der Waals surface area contributed by atoms with E-state index >= 15 is 0 Å². The Labute approximate surface area is 111 Å². The molecule has 2 rings (SSSR count). The summed E-state index contributed by atoms with van der Waals surface area (Å²) < 4.78 is 18.8. The Morgan fingerprint density at radius 3 is 2.79 bits per heavy atom. The summed E-state index contributed by atoms with van der Waals surface area (Å²) >= 11 is 0. The number of nitrogens with zero attached hydrogens (tertiary/aromatic N) is 2. The van der Waals surface area contributed by atoms with Crippen molar-refractivity contribution in [2.75, 3.05) is 0 Å². The maximum Gasteiger partial charge on any atom is 0.226 e. The minimum Gasteiger partial charge on any atom is -0.339 e. The van der Waals surface area contributed by atoms with E-state index in [0.29, 0.717) is 23.7 Å². The molecule has 1 aromatic carbocycles. The zero-order chi connectivity index (χ0) is 13.9. The van der Waals surface area contributed by atoms with Crippen LogP contribution in [0.15, 0.2) is 28.8 Å². The maximum absolute atomic E-state index is 13.6. The number of benzene rings is 1. The number of nitrogens with two attached hydrogens (primary N) is 1. The van der Waals surface area contributed by atoms with Gasteiger partial charge in [-0.3, -0.25) is 0 Å². The Kier molecular flexibility index (Phi) is 3.95. The van der Waals surface area contributed by atoms with Gasteiger partial charge in [-0.25, -0.2) is 4.39 Å². The molecule has 0 radical (unpaired) electrons. The lowest BCUT2D eigenvalue weighted by Crippen LogP contribution is -2.37. The monoisotopic (exact) mass is 263 g/mol. The SMILES string of the molecule is CCCc1nc(C(C)(N)Cc2ccccc2F)no1. The van der Waals surface area contributed by atoms with Crippen molar-refractivity contribution >= 4 is 0 Å². The molecule has 1 unspecified atom stereocenters. The molecular weight excluding hydrogens is 245 g/mol. The summed E-state index contributed by atoms with van der Waals surface area (Å²) in [5, 5.41) is 3.90. The second-order valence-electron chi connectivity index (χ2n) is 4.95. The van der Waals surface area contributed by atoms with Gasteiger partial charge in [0.2, 0.25) is 5.89 Å². The predicted molar refractivity (Wildman–Crippen MR) is 69.9 cm³/mol. The van der Waals surface area contributed by atoms with Gasteiger partial charge in [0.15, 0.2) is 5.82 Å². The average Bonchev–Trinajstić information content (AvgIpc) is 2.82. The lowest BCUT2D eigenvalue weighted by molar-refractivity contribution is 0.352. The Hall–Kier alpha value is -1.75. The Morgan fingerprint density at radius 2 is 2.11 bits per heavy atom. The fraction of sp³-hybridized carbons (Fsp3) is 0.429. The van der Waals surface area contributed by atoms with Gasteiger partial charge < -0.3 is 10.3 Å². The van der Waals surface area contributed by atoms with Crippen LogP contribution in [0.2, 0.25) is 0 Å². The molecule has 0 aliphatic carbocycles. The first-order valence-corrected chi connectivity index (χ1v) is 6.38. The highest BCUT2D eigenvalue weighted by molar-refractivity contribution is 5.21. The summed E-state index contributed by atoms with van der Waals surface area (Å²) in [4.78, 5) is 4.27. The van der Waals surface area contributed by atoms with Gasteiger partial charge in [-0.15, -0.1) is 0 Å². The molecule has 0 aliphatic heterocycles. The molecule has 2 aromatic rings. The third kappa shape index (κ3) is 3.17. The van der Waals surface area contributed by atoms with Crippen LogP contribution in [0.4, 0.5) is 4.39 Å². The molecule has 0 saturated heterocycles. The van der Waals surface area contributed by atoms with E-state index in [1.165, 1.54) is 6.07 Å². The van der Waals surface area contributed by atoms with Crippen molar-refractivity contribution in [3.05, 3.63) is 47.4 Å². The normalized spacial score (nSPS) is 14.3. The van der Waals surface area contributed by atoms with Crippen molar-refractivity contribution < 1.29 is 8.91 Å². The maximum atomic E-state index is 13.6. The second-order valence-corrected chi connectivity index (χ2v) is 4.95. The van der Waals surface area contributed by atoms with Crippen molar-refractivity contribution in [1.29, 1.82) is 0 Å². The van der Waals surface area contributed by atoms with Crippen molar-refractivity contribution in [3.63, 3.8) is 0 Å². The molecule has 19 heavy (non-hydrogen) atoms. The first-order valence-electron chi connectivity index (χ1n) is 6.38. The number of rotatable bonds is 5. The molecule has 1 heterocycles. The molecule has 0 saturated carbocycles. The summed E-state index contributed by atoms with van der Waals surface area (Å²) in [6.45, 7) is 3.81. The molecule has 102 valence electrons. The molecule has 4 nitrogen and oxygen atoms in total. The van der Waals surface area contributed by atoms with Crippen molar-refractivity contribution in [1.82, 2.24) is 10.1 Å². The summed E-state index contributed by atoms with van der Waals surface area (Å²) in [6, 6.07) is 6.57. The minimum absolute atomic E-state index is 0.267. The Balaban J connectivity index is 2.19. The summed E-state index contributed by atoms with van der Waals surface area (Å²) in [7, 11) is 0. The van der Waals surface area contributed by atoms with Crippen LogP contribution in [0.1, 0.15) is 37.5 Å². The van der Waals surface area contributed by atoms with E-state index in [1.807, 2.05) is 6.92 Å². The molecule has 0 fully saturated rings. The van der Waals surface area contributed by atoms with Crippen LogP contribution in [0.3, 0.4) is 0 Å². The van der Waals surface area contributed by atoms with Crippen LogP contribution >= 0.6 is 0 Å². The number of halogens is 1. The van der Waals surface area contributed by atoms with Crippen molar-refractivity contribution in [2.45, 2.75) is 38.6 Å². The molecule has 2 N–H and O–H groups in total. The minimum atomic E-state index is -0.850. The third-order valence-electron chi connectivity index (χ3n) is 2.96. The van der Waals surface area contributed by atoms with Gasteiger partial charge in [-0.05, 0) is 25.0 Å². The van der Waals surface area contributed by atoms with Crippen LogP contribution in [0.5, 0.6) is 0 Å². The Morgan fingerprint density at radius 1 is 1.37 bits per heavy atom. The first-order chi connectivity index (χ1) is 9.03. The largest absolute Gasteiger partial charge is 0.339 e. The molecule has 1 atom stereocenters. The van der Waals surface area contributed by atoms with Gasteiger partial charge in [-0.1, -0.05) is 30.3 Å². The highest BCUT2D eigenvalue weighted by Gasteiger charge is 2.28. The third-order valence-corrected chi connectivity index (χ3v) is 2.96. The highest BCUT2D eigenvalue weighted by atomic mass is 19.1. The van der Waals surface area contributed by atoms with E-state index in [-0.39, 0.29) is 5.82 Å². The van der Waals surface area contributed by atoms with Crippen LogP contribution in [0.25, 0.3) is 0 Å². The zero-order valence-corrected chi connectivity index (χ0v) is 11.2. The van der Waals surface area contributed by atoms with Gasteiger partial charge in [-0.2, -0.15) is 4.98 Å². The summed E-state index contributed by atoms with van der Waals surface area (Å²) in [5.74, 6) is 0.721. The number of hydrogen-bond donors (Lipinski definition) is 1. The van der Waals surface area contributed by atoms with E-state index in [0.717, 1.165) is 12.8 Å². The molecular formula is C14H18FN3O. The number of aryl methyl sites for hydroxylation is 1. The van der Waals surface area contributed by atoms with Gasteiger partial charge in [0, 0.05) is 12.8 Å². The van der Waals surface area contributed by atoms with Gasteiger partial charge in [0.25, 0.3) is 0 Å². The fourth-order valence-electron chi connectivity index (χ4n) is 1.92. The topological polar surface area (TPSA) is 64.9 Å². The zero-order valence-electron chi connectivity index (χ0n) is 11.2. The van der Waals surface area contributed by atoms with Crippen molar-refractivity contribution in [3.8, 4) is 0 Å².